The van der Waals surface area contributed by atoms with Crippen LogP contribution in [0.3, 0.4) is 0 Å². The molecular formula is C10H11N3O3S. The van der Waals surface area contributed by atoms with Crippen LogP contribution in [0.2, 0.25) is 0 Å². The van der Waals surface area contributed by atoms with Crippen molar-refractivity contribution < 1.29 is 12.9 Å². The molecule has 0 unspecified atom stereocenters. The summed E-state index contributed by atoms with van der Waals surface area (Å²) in [7, 11) is -3.52. The Bertz CT molecular complexity index is 592. The standard InChI is InChI=1S/C10H11N3O3S/c1-2-8-12-9(16-13-8)7-17(14,15)10-5-3-4-6-11-10/h3-6H,2,7H2,1H3. The molecule has 2 aromatic rings. The molecule has 90 valence electrons. The highest BCUT2D eigenvalue weighted by Crippen LogP contribution is 2.12. The van der Waals surface area contributed by atoms with Crippen molar-refractivity contribution in [1.29, 1.82) is 0 Å². The van der Waals surface area contributed by atoms with E-state index in [0.717, 1.165) is 0 Å². The summed E-state index contributed by atoms with van der Waals surface area (Å²) in [5.41, 5.74) is 0. The molecule has 0 fully saturated rings. The van der Waals surface area contributed by atoms with E-state index in [1.165, 1.54) is 12.3 Å². The maximum Gasteiger partial charge on any atom is 0.242 e. The molecule has 0 aliphatic heterocycles. The van der Waals surface area contributed by atoms with E-state index in [2.05, 4.69) is 15.1 Å². The molecule has 2 rings (SSSR count). The van der Waals surface area contributed by atoms with Gasteiger partial charge in [0.25, 0.3) is 0 Å². The van der Waals surface area contributed by atoms with Gasteiger partial charge in [-0.2, -0.15) is 4.98 Å². The lowest BCUT2D eigenvalue weighted by Gasteiger charge is -1.98. The zero-order valence-electron chi connectivity index (χ0n) is 9.20. The number of rotatable bonds is 4. The molecule has 0 aliphatic rings. The van der Waals surface area contributed by atoms with Crippen molar-refractivity contribution in [3.05, 3.63) is 36.1 Å². The molecule has 0 amide bonds. The third-order valence-electron chi connectivity index (χ3n) is 2.10. The van der Waals surface area contributed by atoms with E-state index in [1.807, 2.05) is 6.92 Å². The first-order valence-electron chi connectivity index (χ1n) is 5.07. The molecule has 0 radical (unpaired) electrons. The average Bonchev–Trinajstić information content (AvgIpc) is 2.77. The summed E-state index contributed by atoms with van der Waals surface area (Å²) in [4.78, 5) is 7.75. The number of aromatic nitrogens is 3. The number of aryl methyl sites for hydroxylation is 1. The second-order valence-corrected chi connectivity index (χ2v) is 5.32. The first-order chi connectivity index (χ1) is 8.12. The van der Waals surface area contributed by atoms with Crippen molar-refractivity contribution in [2.75, 3.05) is 0 Å². The third-order valence-corrected chi connectivity index (χ3v) is 3.60. The van der Waals surface area contributed by atoms with Crippen molar-refractivity contribution in [3.63, 3.8) is 0 Å². The molecular weight excluding hydrogens is 242 g/mol. The van der Waals surface area contributed by atoms with Crippen LogP contribution >= 0.6 is 0 Å². The predicted molar refractivity (Wildman–Crippen MR) is 58.8 cm³/mol. The zero-order chi connectivity index (χ0) is 12.3. The number of sulfone groups is 1. The summed E-state index contributed by atoms with van der Waals surface area (Å²) in [5, 5.41) is 3.65. The number of nitrogens with zero attached hydrogens (tertiary/aromatic N) is 3. The minimum Gasteiger partial charge on any atom is -0.338 e. The van der Waals surface area contributed by atoms with E-state index in [4.69, 9.17) is 4.52 Å². The highest BCUT2D eigenvalue weighted by Gasteiger charge is 2.20. The van der Waals surface area contributed by atoms with Gasteiger partial charge in [-0.05, 0) is 12.1 Å². The second-order valence-electron chi connectivity index (χ2n) is 3.38. The Morgan fingerprint density at radius 1 is 1.35 bits per heavy atom. The van der Waals surface area contributed by atoms with Gasteiger partial charge in [-0.3, -0.25) is 0 Å². The Labute approximate surface area is 98.6 Å². The first kappa shape index (κ1) is 11.7. The van der Waals surface area contributed by atoms with E-state index in [1.54, 1.807) is 12.1 Å². The van der Waals surface area contributed by atoms with Crippen molar-refractivity contribution in [1.82, 2.24) is 15.1 Å². The normalized spacial score (nSPS) is 11.6. The Hall–Kier alpha value is -1.76. The summed E-state index contributed by atoms with van der Waals surface area (Å²) in [5.74, 6) is 0.264. The molecule has 0 aromatic carbocycles. The van der Waals surface area contributed by atoms with Crippen LogP contribution in [0.5, 0.6) is 0 Å². The van der Waals surface area contributed by atoms with Crippen molar-refractivity contribution in [3.8, 4) is 0 Å². The van der Waals surface area contributed by atoms with E-state index < -0.39 is 9.84 Å². The maximum absolute atomic E-state index is 11.9. The monoisotopic (exact) mass is 253 g/mol. The fourth-order valence-corrected chi connectivity index (χ4v) is 2.36. The van der Waals surface area contributed by atoms with Crippen LogP contribution in [-0.2, 0) is 22.0 Å². The maximum atomic E-state index is 11.9. The van der Waals surface area contributed by atoms with Crippen LogP contribution in [0, 0.1) is 0 Å². The molecule has 0 atom stereocenters. The van der Waals surface area contributed by atoms with Crippen LogP contribution in [0.1, 0.15) is 18.6 Å². The van der Waals surface area contributed by atoms with Gasteiger partial charge in [-0.15, -0.1) is 0 Å². The van der Waals surface area contributed by atoms with Crippen LogP contribution in [0.25, 0.3) is 0 Å². The molecule has 0 aliphatic carbocycles. The predicted octanol–water partition coefficient (Wildman–Crippen LogP) is 1.00. The lowest BCUT2D eigenvalue weighted by atomic mass is 10.5. The number of hydrogen-bond acceptors (Lipinski definition) is 6. The third kappa shape index (κ3) is 2.68. The largest absolute Gasteiger partial charge is 0.338 e. The van der Waals surface area contributed by atoms with Gasteiger partial charge in [0, 0.05) is 12.6 Å². The van der Waals surface area contributed by atoms with Crippen LogP contribution < -0.4 is 0 Å². The van der Waals surface area contributed by atoms with Gasteiger partial charge in [0.15, 0.2) is 10.9 Å². The van der Waals surface area contributed by atoms with Gasteiger partial charge >= 0.3 is 0 Å². The Kier molecular flexibility index (Phi) is 3.19. The van der Waals surface area contributed by atoms with Gasteiger partial charge in [-0.1, -0.05) is 18.1 Å². The zero-order valence-corrected chi connectivity index (χ0v) is 10.0. The summed E-state index contributed by atoms with van der Waals surface area (Å²) in [6.07, 6.45) is 2.03. The van der Waals surface area contributed by atoms with E-state index >= 15 is 0 Å². The Balaban J connectivity index is 2.24. The van der Waals surface area contributed by atoms with Crippen molar-refractivity contribution in [2.45, 2.75) is 24.1 Å². The summed E-state index contributed by atoms with van der Waals surface area (Å²) in [6, 6.07) is 4.71. The molecule has 7 heteroatoms. The number of pyridine rings is 1. The summed E-state index contributed by atoms with van der Waals surface area (Å²) >= 11 is 0. The van der Waals surface area contributed by atoms with Gasteiger partial charge in [0.1, 0.15) is 5.75 Å². The van der Waals surface area contributed by atoms with E-state index in [0.29, 0.717) is 12.2 Å². The topological polar surface area (TPSA) is 86.0 Å². The highest BCUT2D eigenvalue weighted by molar-refractivity contribution is 7.90. The highest BCUT2D eigenvalue weighted by atomic mass is 32.2. The van der Waals surface area contributed by atoms with Crippen LogP contribution in [-0.4, -0.2) is 23.5 Å². The molecule has 2 heterocycles. The van der Waals surface area contributed by atoms with Gasteiger partial charge in [0.05, 0.1) is 0 Å². The van der Waals surface area contributed by atoms with Crippen molar-refractivity contribution in [2.24, 2.45) is 0 Å². The van der Waals surface area contributed by atoms with Gasteiger partial charge < -0.3 is 4.52 Å². The Morgan fingerprint density at radius 2 is 2.18 bits per heavy atom. The number of hydrogen-bond donors (Lipinski definition) is 0. The molecule has 17 heavy (non-hydrogen) atoms. The Morgan fingerprint density at radius 3 is 2.76 bits per heavy atom. The second kappa shape index (κ2) is 4.62. The average molecular weight is 253 g/mol. The van der Waals surface area contributed by atoms with E-state index in [9.17, 15) is 8.42 Å². The fraction of sp³-hybridized carbons (Fsp3) is 0.300. The fourth-order valence-electron chi connectivity index (χ4n) is 1.26. The summed E-state index contributed by atoms with van der Waals surface area (Å²) in [6.45, 7) is 1.86. The molecule has 0 bridgehead atoms. The molecule has 0 saturated heterocycles. The van der Waals surface area contributed by atoms with Crippen LogP contribution in [0.15, 0.2) is 33.9 Å². The molecule has 0 saturated carbocycles. The van der Waals surface area contributed by atoms with Gasteiger partial charge in [-0.25, -0.2) is 13.4 Å². The molecule has 6 nitrogen and oxygen atoms in total. The van der Waals surface area contributed by atoms with Gasteiger partial charge in [0.2, 0.25) is 15.7 Å². The van der Waals surface area contributed by atoms with Crippen LogP contribution in [0.4, 0.5) is 0 Å². The molecule has 0 N–H and O–H groups in total. The van der Waals surface area contributed by atoms with Crippen molar-refractivity contribution >= 4 is 9.84 Å². The lowest BCUT2D eigenvalue weighted by molar-refractivity contribution is 0.383. The SMILES string of the molecule is CCc1noc(CS(=O)(=O)c2ccccn2)n1. The van der Waals surface area contributed by atoms with E-state index in [-0.39, 0.29) is 16.7 Å². The lowest BCUT2D eigenvalue weighted by Crippen LogP contribution is -2.07. The smallest absolute Gasteiger partial charge is 0.242 e. The first-order valence-corrected chi connectivity index (χ1v) is 6.72. The molecule has 2 aromatic heterocycles. The minimum absolute atomic E-state index is 0.0104. The minimum atomic E-state index is -3.52. The molecule has 0 spiro atoms. The summed E-state index contributed by atoms with van der Waals surface area (Å²) < 4.78 is 28.7. The quantitative estimate of drug-likeness (QED) is 0.808.